The van der Waals surface area contributed by atoms with Crippen LogP contribution in [0.5, 0.6) is 0 Å². The van der Waals surface area contributed by atoms with Gasteiger partial charge in [0.15, 0.2) is 0 Å². The third kappa shape index (κ3) is 3.33. The lowest BCUT2D eigenvalue weighted by Crippen LogP contribution is -2.63. The summed E-state index contributed by atoms with van der Waals surface area (Å²) in [6.07, 6.45) is 9.07. The summed E-state index contributed by atoms with van der Waals surface area (Å²) in [6.45, 7) is 4.68. The molecule has 2 aliphatic rings. The number of carbonyl (C=O) groups excluding carboxylic acids is 2. The van der Waals surface area contributed by atoms with Crippen LogP contribution in [0.2, 0.25) is 0 Å². The topological polar surface area (TPSA) is 49.4 Å². The molecule has 1 aliphatic carbocycles. The van der Waals surface area contributed by atoms with Crippen LogP contribution < -0.4 is 5.32 Å². The quantitative estimate of drug-likeness (QED) is 0.812. The summed E-state index contributed by atoms with van der Waals surface area (Å²) in [5.41, 5.74) is 0. The molecule has 2 rings (SSSR count). The summed E-state index contributed by atoms with van der Waals surface area (Å²) in [5.74, 6) is 0.996. The highest BCUT2D eigenvalue weighted by molar-refractivity contribution is 5.96. The first-order chi connectivity index (χ1) is 9.67. The highest BCUT2D eigenvalue weighted by Crippen LogP contribution is 2.29. The van der Waals surface area contributed by atoms with Crippen LogP contribution >= 0.6 is 0 Å². The average molecular weight is 280 g/mol. The van der Waals surface area contributed by atoms with Crippen molar-refractivity contribution in [1.29, 1.82) is 0 Å². The van der Waals surface area contributed by atoms with Gasteiger partial charge >= 0.3 is 0 Å². The van der Waals surface area contributed by atoms with E-state index in [1.54, 1.807) is 0 Å². The third-order valence-corrected chi connectivity index (χ3v) is 4.86. The van der Waals surface area contributed by atoms with E-state index in [1.807, 2.05) is 18.7 Å². The second kappa shape index (κ2) is 7.09. The zero-order valence-electron chi connectivity index (χ0n) is 12.9. The van der Waals surface area contributed by atoms with Crippen molar-refractivity contribution in [3.8, 4) is 0 Å². The molecule has 4 nitrogen and oxygen atoms in total. The highest BCUT2D eigenvalue weighted by atomic mass is 16.2. The molecule has 0 aromatic heterocycles. The van der Waals surface area contributed by atoms with Gasteiger partial charge in [-0.2, -0.15) is 0 Å². The monoisotopic (exact) mass is 280 g/mol. The lowest BCUT2D eigenvalue weighted by Gasteiger charge is -2.38. The fourth-order valence-corrected chi connectivity index (χ4v) is 3.62. The second-order valence-electron chi connectivity index (χ2n) is 6.22. The number of carbonyl (C=O) groups is 2. The van der Waals surface area contributed by atoms with Crippen molar-refractivity contribution < 1.29 is 9.59 Å². The van der Waals surface area contributed by atoms with Crippen LogP contribution in [0, 0.1) is 5.92 Å². The number of amides is 2. The molecule has 114 valence electrons. The van der Waals surface area contributed by atoms with Gasteiger partial charge in [0.2, 0.25) is 11.8 Å². The Labute approximate surface area is 122 Å². The summed E-state index contributed by atoms with van der Waals surface area (Å²) in [7, 11) is 0. The fraction of sp³-hybridized carbons (Fsp3) is 0.875. The molecule has 1 saturated heterocycles. The Kier molecular flexibility index (Phi) is 5.44. The Morgan fingerprint density at radius 2 is 1.85 bits per heavy atom. The molecule has 0 spiro atoms. The molecule has 2 atom stereocenters. The molecule has 1 saturated carbocycles. The van der Waals surface area contributed by atoms with Crippen molar-refractivity contribution in [3.63, 3.8) is 0 Å². The molecular formula is C16H28N2O2. The van der Waals surface area contributed by atoms with Crippen molar-refractivity contribution in [2.24, 2.45) is 5.92 Å². The molecule has 2 fully saturated rings. The first kappa shape index (κ1) is 15.3. The molecule has 0 aromatic carbocycles. The summed E-state index contributed by atoms with van der Waals surface area (Å²) in [6, 6.07) is -0.564. The van der Waals surface area contributed by atoms with Crippen LogP contribution in [0.25, 0.3) is 0 Å². The zero-order valence-corrected chi connectivity index (χ0v) is 12.9. The van der Waals surface area contributed by atoms with Crippen LogP contribution in [-0.4, -0.2) is 35.3 Å². The number of rotatable bonds is 6. The molecule has 2 unspecified atom stereocenters. The molecule has 0 radical (unpaired) electrons. The molecule has 0 aromatic rings. The standard InChI is InChI=1S/C16H28N2O2/c1-3-13-16(20)18(14(4-2)15(19)17-13)11-7-10-12-8-5-6-9-12/h12-14H,3-11H2,1-2H3,(H,17,19). The van der Waals surface area contributed by atoms with Crippen LogP contribution in [0.4, 0.5) is 0 Å². The van der Waals surface area contributed by atoms with Crippen molar-refractivity contribution >= 4 is 11.8 Å². The van der Waals surface area contributed by atoms with E-state index in [-0.39, 0.29) is 23.9 Å². The maximum atomic E-state index is 12.4. The van der Waals surface area contributed by atoms with Crippen LogP contribution in [0.15, 0.2) is 0 Å². The lowest BCUT2D eigenvalue weighted by molar-refractivity contribution is -0.149. The second-order valence-corrected chi connectivity index (χ2v) is 6.22. The Hall–Kier alpha value is -1.06. The molecule has 1 heterocycles. The van der Waals surface area contributed by atoms with E-state index < -0.39 is 0 Å². The minimum Gasteiger partial charge on any atom is -0.343 e. The maximum absolute atomic E-state index is 12.4. The molecule has 1 N–H and O–H groups in total. The molecular weight excluding hydrogens is 252 g/mol. The van der Waals surface area contributed by atoms with Crippen molar-refractivity contribution in [3.05, 3.63) is 0 Å². The Morgan fingerprint density at radius 1 is 1.15 bits per heavy atom. The first-order valence-electron chi connectivity index (χ1n) is 8.28. The summed E-state index contributed by atoms with van der Waals surface area (Å²) < 4.78 is 0. The average Bonchev–Trinajstić information content (AvgIpc) is 2.95. The van der Waals surface area contributed by atoms with Crippen molar-refractivity contribution in [2.45, 2.75) is 77.3 Å². The summed E-state index contributed by atoms with van der Waals surface area (Å²) in [5, 5.41) is 2.85. The highest BCUT2D eigenvalue weighted by Gasteiger charge is 2.38. The van der Waals surface area contributed by atoms with Gasteiger partial charge in [-0.3, -0.25) is 9.59 Å². The van der Waals surface area contributed by atoms with Gasteiger partial charge in [-0.25, -0.2) is 0 Å². The van der Waals surface area contributed by atoms with Crippen molar-refractivity contribution in [1.82, 2.24) is 10.2 Å². The van der Waals surface area contributed by atoms with Gasteiger partial charge in [0.25, 0.3) is 0 Å². The normalized spacial score (nSPS) is 28.0. The first-order valence-corrected chi connectivity index (χ1v) is 8.28. The minimum atomic E-state index is -0.309. The maximum Gasteiger partial charge on any atom is 0.245 e. The largest absolute Gasteiger partial charge is 0.343 e. The van der Waals surface area contributed by atoms with Crippen molar-refractivity contribution in [2.75, 3.05) is 6.54 Å². The number of hydrogen-bond donors (Lipinski definition) is 1. The molecule has 1 aliphatic heterocycles. The minimum absolute atomic E-state index is 0.0276. The SMILES string of the molecule is CCC1NC(=O)C(CC)N(CCCC2CCCC2)C1=O. The van der Waals surface area contributed by atoms with Gasteiger partial charge in [-0.05, 0) is 31.6 Å². The van der Waals surface area contributed by atoms with Gasteiger partial charge in [0.05, 0.1) is 0 Å². The summed E-state index contributed by atoms with van der Waals surface area (Å²) >= 11 is 0. The van der Waals surface area contributed by atoms with Gasteiger partial charge in [-0.1, -0.05) is 39.5 Å². The van der Waals surface area contributed by atoms with Gasteiger partial charge < -0.3 is 10.2 Å². The number of nitrogens with zero attached hydrogens (tertiary/aromatic N) is 1. The van der Waals surface area contributed by atoms with Crippen LogP contribution in [0.3, 0.4) is 0 Å². The van der Waals surface area contributed by atoms with E-state index in [0.29, 0.717) is 12.8 Å². The third-order valence-electron chi connectivity index (χ3n) is 4.86. The molecule has 2 amide bonds. The Bertz CT molecular complexity index is 350. The van der Waals surface area contributed by atoms with E-state index in [9.17, 15) is 9.59 Å². The predicted molar refractivity (Wildman–Crippen MR) is 79.2 cm³/mol. The molecule has 4 heteroatoms. The predicted octanol–water partition coefficient (Wildman–Crippen LogP) is 2.47. The smallest absolute Gasteiger partial charge is 0.245 e. The van der Waals surface area contributed by atoms with Crippen LogP contribution in [0.1, 0.15) is 65.2 Å². The molecule has 20 heavy (non-hydrogen) atoms. The number of nitrogens with one attached hydrogen (secondary N) is 1. The van der Waals surface area contributed by atoms with E-state index in [2.05, 4.69) is 5.32 Å². The number of piperazine rings is 1. The van der Waals surface area contributed by atoms with Crippen LogP contribution in [-0.2, 0) is 9.59 Å². The van der Waals surface area contributed by atoms with E-state index >= 15 is 0 Å². The van der Waals surface area contributed by atoms with Gasteiger partial charge in [0.1, 0.15) is 12.1 Å². The Balaban J connectivity index is 1.90. The van der Waals surface area contributed by atoms with E-state index in [0.717, 1.165) is 18.9 Å². The Morgan fingerprint density at radius 3 is 2.45 bits per heavy atom. The fourth-order valence-electron chi connectivity index (χ4n) is 3.62. The number of hydrogen-bond acceptors (Lipinski definition) is 2. The van der Waals surface area contributed by atoms with Gasteiger partial charge in [0, 0.05) is 6.54 Å². The lowest BCUT2D eigenvalue weighted by atomic mass is 9.99. The zero-order chi connectivity index (χ0) is 14.5. The van der Waals surface area contributed by atoms with E-state index in [1.165, 1.54) is 32.1 Å². The van der Waals surface area contributed by atoms with E-state index in [4.69, 9.17) is 0 Å². The molecule has 0 bridgehead atoms. The summed E-state index contributed by atoms with van der Waals surface area (Å²) in [4.78, 5) is 26.3. The van der Waals surface area contributed by atoms with Gasteiger partial charge in [-0.15, -0.1) is 0 Å².